The van der Waals surface area contributed by atoms with Gasteiger partial charge in [0.2, 0.25) is 6.54 Å². The minimum atomic E-state index is -1.30. The van der Waals surface area contributed by atoms with Gasteiger partial charge in [0.25, 0.3) is 0 Å². The molecule has 2 aromatic carbocycles. The van der Waals surface area contributed by atoms with Gasteiger partial charge in [-0.15, -0.1) is 0 Å². The Bertz CT molecular complexity index is 865. The highest BCUT2D eigenvalue weighted by Crippen LogP contribution is 2.39. The van der Waals surface area contributed by atoms with Crippen LogP contribution in [0.25, 0.3) is 0 Å². The number of aliphatic imine (C=N–C) groups is 1. The number of carbonyl (C=O) groups excluding carboxylic acids is 1. The fourth-order valence-corrected chi connectivity index (χ4v) is 3.53. The molecule has 0 radical (unpaired) electrons. The van der Waals surface area contributed by atoms with E-state index in [1.54, 1.807) is 6.21 Å². The lowest BCUT2D eigenvalue weighted by Gasteiger charge is -2.28. The summed E-state index contributed by atoms with van der Waals surface area (Å²) in [7, 11) is 0. The highest BCUT2D eigenvalue weighted by atomic mass is 79.9. The maximum atomic E-state index is 12.7. The third-order valence-electron chi connectivity index (χ3n) is 4.77. The first-order valence-electron chi connectivity index (χ1n) is 8.57. The van der Waals surface area contributed by atoms with Crippen molar-refractivity contribution in [3.8, 4) is 0 Å². The van der Waals surface area contributed by atoms with Crippen LogP contribution in [0.4, 0.5) is 0 Å². The molecule has 140 valence electrons. The van der Waals surface area contributed by atoms with Crippen LogP contribution in [0, 0.1) is 17.0 Å². The number of rotatable bonds is 6. The Morgan fingerprint density at radius 2 is 1.93 bits per heavy atom. The molecule has 3 rings (SSSR count). The fourth-order valence-electron chi connectivity index (χ4n) is 3.27. The summed E-state index contributed by atoms with van der Waals surface area (Å²) in [6.45, 7) is 1.75. The van der Waals surface area contributed by atoms with Gasteiger partial charge in [-0.2, -0.15) is 0 Å². The van der Waals surface area contributed by atoms with Gasteiger partial charge in [0.15, 0.2) is 5.54 Å². The van der Waals surface area contributed by atoms with Crippen LogP contribution in [0.15, 0.2) is 58.0 Å². The van der Waals surface area contributed by atoms with Gasteiger partial charge in [0, 0.05) is 22.0 Å². The van der Waals surface area contributed by atoms with Crippen LogP contribution in [0.2, 0.25) is 0 Å². The molecule has 0 bridgehead atoms. The Labute approximate surface area is 165 Å². The zero-order valence-corrected chi connectivity index (χ0v) is 16.4. The van der Waals surface area contributed by atoms with Crippen LogP contribution in [-0.4, -0.2) is 35.8 Å². The SMILES string of the molecule is Cc1ccc([C@H](C[N+](=O)[O-])[C@]2(N=Cc3ccc(Br)cc3)CCOC2=O)cc1. The molecule has 0 aliphatic carbocycles. The van der Waals surface area contributed by atoms with Crippen LogP contribution in [0.5, 0.6) is 0 Å². The van der Waals surface area contributed by atoms with Crippen molar-refractivity contribution in [2.45, 2.75) is 24.8 Å². The molecule has 1 fully saturated rings. The lowest BCUT2D eigenvalue weighted by atomic mass is 9.78. The highest BCUT2D eigenvalue weighted by molar-refractivity contribution is 9.10. The Kier molecular flexibility index (Phi) is 5.70. The second-order valence-electron chi connectivity index (χ2n) is 6.60. The molecule has 1 aliphatic rings. The Morgan fingerprint density at radius 3 is 2.48 bits per heavy atom. The molecule has 2 aromatic rings. The summed E-state index contributed by atoms with van der Waals surface area (Å²) in [5.74, 6) is -1.21. The number of esters is 1. The summed E-state index contributed by atoms with van der Waals surface area (Å²) in [6, 6.07) is 14.9. The largest absolute Gasteiger partial charge is 0.464 e. The van der Waals surface area contributed by atoms with Crippen LogP contribution in [0.3, 0.4) is 0 Å². The van der Waals surface area contributed by atoms with E-state index in [1.165, 1.54) is 0 Å². The zero-order chi connectivity index (χ0) is 19.4. The second-order valence-corrected chi connectivity index (χ2v) is 7.51. The van der Waals surface area contributed by atoms with E-state index in [9.17, 15) is 14.9 Å². The summed E-state index contributed by atoms with van der Waals surface area (Å²) in [6.07, 6.45) is 1.91. The Balaban J connectivity index is 2.04. The molecule has 2 atom stereocenters. The molecule has 1 heterocycles. The minimum Gasteiger partial charge on any atom is -0.464 e. The van der Waals surface area contributed by atoms with Gasteiger partial charge in [-0.05, 0) is 30.2 Å². The molecule has 27 heavy (non-hydrogen) atoms. The minimum absolute atomic E-state index is 0.205. The van der Waals surface area contributed by atoms with Crippen molar-refractivity contribution in [1.29, 1.82) is 0 Å². The predicted octanol–water partition coefficient (Wildman–Crippen LogP) is 3.92. The summed E-state index contributed by atoms with van der Waals surface area (Å²) in [4.78, 5) is 28.2. The number of hydrogen-bond acceptors (Lipinski definition) is 5. The van der Waals surface area contributed by atoms with Crippen LogP contribution < -0.4 is 0 Å². The van der Waals surface area contributed by atoms with Crippen molar-refractivity contribution in [1.82, 2.24) is 0 Å². The van der Waals surface area contributed by atoms with Crippen molar-refractivity contribution in [3.63, 3.8) is 0 Å². The van der Waals surface area contributed by atoms with E-state index in [1.807, 2.05) is 55.5 Å². The van der Waals surface area contributed by atoms with E-state index in [2.05, 4.69) is 20.9 Å². The fraction of sp³-hybridized carbons (Fsp3) is 0.300. The molecule has 0 spiro atoms. The maximum Gasteiger partial charge on any atom is 0.335 e. The second kappa shape index (κ2) is 8.00. The van der Waals surface area contributed by atoms with Crippen LogP contribution >= 0.6 is 15.9 Å². The number of ether oxygens (including phenoxy) is 1. The van der Waals surface area contributed by atoms with Gasteiger partial charge in [-0.3, -0.25) is 15.1 Å². The van der Waals surface area contributed by atoms with Crippen molar-refractivity contribution >= 4 is 28.1 Å². The third kappa shape index (κ3) is 4.24. The first kappa shape index (κ1) is 19.2. The number of halogens is 1. The van der Waals surface area contributed by atoms with Gasteiger partial charge in [-0.1, -0.05) is 57.9 Å². The lowest BCUT2D eigenvalue weighted by molar-refractivity contribution is -0.484. The van der Waals surface area contributed by atoms with E-state index in [0.717, 1.165) is 15.6 Å². The van der Waals surface area contributed by atoms with E-state index in [-0.39, 0.29) is 6.61 Å². The van der Waals surface area contributed by atoms with Gasteiger partial charge >= 0.3 is 5.97 Å². The molecule has 0 unspecified atom stereocenters. The summed E-state index contributed by atoms with van der Waals surface area (Å²) < 4.78 is 6.13. The van der Waals surface area contributed by atoms with Crippen molar-refractivity contribution in [2.75, 3.05) is 13.2 Å². The van der Waals surface area contributed by atoms with E-state index < -0.39 is 28.9 Å². The molecule has 0 aromatic heterocycles. The third-order valence-corrected chi connectivity index (χ3v) is 5.30. The maximum absolute atomic E-state index is 12.7. The number of nitro groups is 1. The molecule has 0 amide bonds. The quantitative estimate of drug-likeness (QED) is 0.301. The van der Waals surface area contributed by atoms with Gasteiger partial charge in [0.1, 0.15) is 0 Å². The predicted molar refractivity (Wildman–Crippen MR) is 106 cm³/mol. The van der Waals surface area contributed by atoms with E-state index >= 15 is 0 Å². The normalized spacial score (nSPS) is 20.6. The first-order chi connectivity index (χ1) is 12.9. The van der Waals surface area contributed by atoms with Crippen molar-refractivity contribution < 1.29 is 14.5 Å². The van der Waals surface area contributed by atoms with E-state index in [0.29, 0.717) is 12.0 Å². The van der Waals surface area contributed by atoms with Crippen molar-refractivity contribution in [2.24, 2.45) is 4.99 Å². The van der Waals surface area contributed by atoms with Gasteiger partial charge in [0.05, 0.1) is 12.5 Å². The Hall–Kier alpha value is -2.54. The zero-order valence-electron chi connectivity index (χ0n) is 14.8. The average Bonchev–Trinajstić information content (AvgIpc) is 3.01. The number of cyclic esters (lactones) is 1. The first-order valence-corrected chi connectivity index (χ1v) is 9.36. The number of hydrogen-bond donors (Lipinski definition) is 0. The highest BCUT2D eigenvalue weighted by Gasteiger charge is 2.53. The topological polar surface area (TPSA) is 81.8 Å². The Morgan fingerprint density at radius 1 is 1.26 bits per heavy atom. The molecule has 6 nitrogen and oxygen atoms in total. The van der Waals surface area contributed by atoms with Gasteiger partial charge in [-0.25, -0.2) is 4.79 Å². The van der Waals surface area contributed by atoms with Crippen LogP contribution in [0.1, 0.15) is 29.0 Å². The molecule has 1 aliphatic heterocycles. The smallest absolute Gasteiger partial charge is 0.335 e. The molecular formula is C20H19BrN2O4. The summed E-state index contributed by atoms with van der Waals surface area (Å²) in [5, 5.41) is 11.4. The standard InChI is InChI=1S/C20H19BrN2O4/c1-14-2-6-16(7-3-14)18(13-23(25)26)20(10-11-27-19(20)24)22-12-15-4-8-17(21)9-5-15/h2-9,12,18H,10-11,13H2,1H3/t18-,20+/m0/s1. The van der Waals surface area contributed by atoms with Crippen LogP contribution in [-0.2, 0) is 9.53 Å². The number of aryl methyl sites for hydroxylation is 1. The number of benzene rings is 2. The van der Waals surface area contributed by atoms with Gasteiger partial charge < -0.3 is 4.74 Å². The number of carbonyl (C=O) groups is 1. The summed E-state index contributed by atoms with van der Waals surface area (Å²) in [5.41, 5.74) is 1.26. The molecule has 0 N–H and O–H groups in total. The molecule has 7 heteroatoms. The molecule has 0 saturated carbocycles. The van der Waals surface area contributed by atoms with Crippen molar-refractivity contribution in [3.05, 3.63) is 79.8 Å². The molecule has 1 saturated heterocycles. The monoisotopic (exact) mass is 430 g/mol. The molecular weight excluding hydrogens is 412 g/mol. The summed E-state index contributed by atoms with van der Waals surface area (Å²) >= 11 is 3.38. The van der Waals surface area contributed by atoms with E-state index in [4.69, 9.17) is 4.74 Å². The lowest BCUT2D eigenvalue weighted by Crippen LogP contribution is -2.42. The average molecular weight is 431 g/mol. The number of nitrogens with zero attached hydrogens (tertiary/aromatic N) is 2.